The number of rotatable bonds is 10. The van der Waals surface area contributed by atoms with Crippen LogP contribution < -0.4 is 10.6 Å². The summed E-state index contributed by atoms with van der Waals surface area (Å²) < 4.78 is 11.0. The Balaban J connectivity index is 1.55. The number of nitrogens with zero attached hydrogens (tertiary/aromatic N) is 2. The molecule has 2 aromatic heterocycles. The van der Waals surface area contributed by atoms with Crippen LogP contribution in [-0.4, -0.2) is 62.9 Å². The predicted octanol–water partition coefficient (Wildman–Crippen LogP) is 2.43. The van der Waals surface area contributed by atoms with Crippen molar-refractivity contribution >= 4 is 11.8 Å². The number of likely N-dealkylation sites (N-methyl/N-ethyl adjacent to an activating group) is 2. The van der Waals surface area contributed by atoms with E-state index in [1.54, 1.807) is 12.5 Å². The van der Waals surface area contributed by atoms with Crippen LogP contribution in [0.4, 0.5) is 0 Å². The summed E-state index contributed by atoms with van der Waals surface area (Å²) in [5.74, 6) is 0.872. The van der Waals surface area contributed by atoms with Gasteiger partial charge in [-0.15, -0.1) is 0 Å². The van der Waals surface area contributed by atoms with Gasteiger partial charge >= 0.3 is 0 Å². The largest absolute Gasteiger partial charge is 0.468 e. The Morgan fingerprint density at radius 1 is 0.871 bits per heavy atom. The van der Waals surface area contributed by atoms with E-state index in [1.165, 1.54) is 0 Å². The summed E-state index contributed by atoms with van der Waals surface area (Å²) in [6.45, 7) is 0.872. The predicted molar refractivity (Wildman–Crippen MR) is 117 cm³/mol. The van der Waals surface area contributed by atoms with Gasteiger partial charge in [-0.25, -0.2) is 0 Å². The van der Waals surface area contributed by atoms with E-state index in [2.05, 4.69) is 10.6 Å². The van der Waals surface area contributed by atoms with Gasteiger partial charge in [-0.05, 0) is 65.3 Å². The minimum Gasteiger partial charge on any atom is -0.468 e. The van der Waals surface area contributed by atoms with Crippen molar-refractivity contribution in [1.29, 1.82) is 0 Å². The summed E-state index contributed by atoms with van der Waals surface area (Å²) in [7, 11) is 7.80. The number of nitrogens with one attached hydrogen (secondary N) is 2. The highest BCUT2D eigenvalue weighted by atomic mass is 16.3. The lowest BCUT2D eigenvalue weighted by molar-refractivity contribution is -0.133. The van der Waals surface area contributed by atoms with Gasteiger partial charge in [0.15, 0.2) is 0 Å². The summed E-state index contributed by atoms with van der Waals surface area (Å²) in [6.07, 6.45) is 5.60. The maximum Gasteiger partial charge on any atom is 0.223 e. The zero-order valence-corrected chi connectivity index (χ0v) is 18.8. The van der Waals surface area contributed by atoms with Crippen LogP contribution in [0, 0.1) is 11.8 Å². The van der Waals surface area contributed by atoms with Gasteiger partial charge in [0, 0.05) is 24.9 Å². The van der Waals surface area contributed by atoms with Gasteiger partial charge in [0.05, 0.1) is 24.6 Å². The molecule has 2 aromatic rings. The molecule has 1 aliphatic carbocycles. The number of hydrogen-bond acceptors (Lipinski definition) is 6. The van der Waals surface area contributed by atoms with Crippen molar-refractivity contribution in [1.82, 2.24) is 20.4 Å². The van der Waals surface area contributed by atoms with Crippen molar-refractivity contribution in [2.75, 3.05) is 41.3 Å². The average molecular weight is 431 g/mol. The van der Waals surface area contributed by atoms with Gasteiger partial charge in [-0.1, -0.05) is 6.42 Å². The van der Waals surface area contributed by atoms with Gasteiger partial charge in [-0.2, -0.15) is 0 Å². The third kappa shape index (κ3) is 5.77. The van der Waals surface area contributed by atoms with Crippen LogP contribution >= 0.6 is 0 Å². The Labute approximate surface area is 183 Å². The third-order valence-corrected chi connectivity index (χ3v) is 6.12. The van der Waals surface area contributed by atoms with Crippen LogP contribution in [-0.2, 0) is 9.59 Å². The van der Waals surface area contributed by atoms with Crippen molar-refractivity contribution in [3.63, 3.8) is 0 Å². The molecule has 0 bridgehead atoms. The molecule has 2 N–H and O–H groups in total. The Hall–Kier alpha value is -2.58. The lowest BCUT2D eigenvalue weighted by Gasteiger charge is -2.26. The second kappa shape index (κ2) is 10.6. The van der Waals surface area contributed by atoms with Crippen molar-refractivity contribution in [2.24, 2.45) is 11.8 Å². The Morgan fingerprint density at radius 2 is 1.29 bits per heavy atom. The van der Waals surface area contributed by atoms with Crippen LogP contribution in [0.2, 0.25) is 0 Å². The van der Waals surface area contributed by atoms with Crippen molar-refractivity contribution in [2.45, 2.75) is 31.3 Å². The molecule has 170 valence electrons. The minimum atomic E-state index is -0.305. The van der Waals surface area contributed by atoms with Gasteiger partial charge < -0.3 is 19.5 Å². The van der Waals surface area contributed by atoms with Gasteiger partial charge in [0.1, 0.15) is 11.5 Å². The number of carbonyl (C=O) groups is 2. The first-order valence-corrected chi connectivity index (χ1v) is 10.8. The fourth-order valence-electron chi connectivity index (χ4n) is 4.28. The highest BCUT2D eigenvalue weighted by molar-refractivity contribution is 5.88. The van der Waals surface area contributed by atoms with Crippen molar-refractivity contribution < 1.29 is 18.4 Å². The molecule has 31 heavy (non-hydrogen) atoms. The van der Waals surface area contributed by atoms with Gasteiger partial charge in [0.2, 0.25) is 11.8 Å². The van der Waals surface area contributed by atoms with Crippen LogP contribution in [0.5, 0.6) is 0 Å². The third-order valence-electron chi connectivity index (χ3n) is 6.12. The number of hydrogen-bond donors (Lipinski definition) is 2. The molecule has 1 saturated carbocycles. The zero-order valence-electron chi connectivity index (χ0n) is 18.8. The molecule has 0 aromatic carbocycles. The molecule has 2 heterocycles. The second-order valence-electron chi connectivity index (χ2n) is 8.62. The maximum absolute atomic E-state index is 12.9. The SMILES string of the molecule is CN(C)C(CNC(=O)C1CCCC1C(=O)NCC(c1ccco1)N(C)C)c1ccco1. The lowest BCUT2D eigenvalue weighted by atomic mass is 9.94. The monoisotopic (exact) mass is 430 g/mol. The molecule has 0 aliphatic heterocycles. The van der Waals surface area contributed by atoms with E-state index < -0.39 is 0 Å². The smallest absolute Gasteiger partial charge is 0.223 e. The first kappa shape index (κ1) is 23.1. The summed E-state index contributed by atoms with van der Waals surface area (Å²) >= 11 is 0. The molecule has 4 atom stereocenters. The van der Waals surface area contributed by atoms with E-state index in [9.17, 15) is 9.59 Å². The Kier molecular flexibility index (Phi) is 7.92. The molecule has 1 aliphatic rings. The molecular formula is C23H34N4O4. The van der Waals surface area contributed by atoms with E-state index in [0.717, 1.165) is 30.8 Å². The molecule has 2 amide bonds. The molecule has 4 unspecified atom stereocenters. The van der Waals surface area contributed by atoms with E-state index in [0.29, 0.717) is 13.1 Å². The number of amides is 2. The fraction of sp³-hybridized carbons (Fsp3) is 0.565. The molecule has 0 spiro atoms. The highest BCUT2D eigenvalue weighted by Crippen LogP contribution is 2.32. The van der Waals surface area contributed by atoms with E-state index in [-0.39, 0.29) is 35.7 Å². The first-order chi connectivity index (χ1) is 14.9. The van der Waals surface area contributed by atoms with Crippen LogP contribution in [0.15, 0.2) is 45.6 Å². The Morgan fingerprint density at radius 3 is 1.61 bits per heavy atom. The minimum absolute atomic E-state index is 0.0539. The Bertz CT molecular complexity index is 749. The zero-order chi connectivity index (χ0) is 22.4. The van der Waals surface area contributed by atoms with Gasteiger partial charge in [-0.3, -0.25) is 19.4 Å². The quantitative estimate of drug-likeness (QED) is 0.602. The fourth-order valence-corrected chi connectivity index (χ4v) is 4.28. The molecule has 3 rings (SSSR count). The van der Waals surface area contributed by atoms with E-state index >= 15 is 0 Å². The molecule has 8 heteroatoms. The number of furan rings is 2. The maximum atomic E-state index is 12.9. The topological polar surface area (TPSA) is 91.0 Å². The van der Waals surface area contributed by atoms with E-state index in [1.807, 2.05) is 62.3 Å². The summed E-state index contributed by atoms with van der Waals surface area (Å²) in [4.78, 5) is 29.9. The second-order valence-corrected chi connectivity index (χ2v) is 8.62. The van der Waals surface area contributed by atoms with E-state index in [4.69, 9.17) is 8.83 Å². The lowest BCUT2D eigenvalue weighted by Crippen LogP contribution is -2.43. The number of carbonyl (C=O) groups excluding carboxylic acids is 2. The standard InChI is InChI=1S/C23H34N4O4/c1-26(2)18(20-10-6-12-30-20)14-24-22(28)16-8-5-9-17(16)23(29)25-15-19(27(3)4)21-11-7-13-31-21/h6-7,10-13,16-19H,5,8-9,14-15H2,1-4H3,(H,24,28)(H,25,29). The van der Waals surface area contributed by atoms with Crippen molar-refractivity contribution in [3.8, 4) is 0 Å². The molecule has 8 nitrogen and oxygen atoms in total. The molecule has 0 radical (unpaired) electrons. The summed E-state index contributed by atoms with van der Waals surface area (Å²) in [6, 6.07) is 7.39. The van der Waals surface area contributed by atoms with Crippen molar-refractivity contribution in [3.05, 3.63) is 48.3 Å². The average Bonchev–Trinajstić information content (AvgIpc) is 3.49. The molecule has 0 saturated heterocycles. The normalized spacial score (nSPS) is 20.7. The summed E-state index contributed by atoms with van der Waals surface area (Å²) in [5, 5.41) is 6.08. The van der Waals surface area contributed by atoms with Crippen LogP contribution in [0.1, 0.15) is 42.9 Å². The van der Waals surface area contributed by atoms with Gasteiger partial charge in [0.25, 0.3) is 0 Å². The first-order valence-electron chi connectivity index (χ1n) is 10.8. The van der Waals surface area contributed by atoms with Crippen LogP contribution in [0.3, 0.4) is 0 Å². The highest BCUT2D eigenvalue weighted by Gasteiger charge is 2.38. The summed E-state index contributed by atoms with van der Waals surface area (Å²) in [5.41, 5.74) is 0. The molecular weight excluding hydrogens is 396 g/mol. The molecule has 1 fully saturated rings. The van der Waals surface area contributed by atoms with Crippen LogP contribution in [0.25, 0.3) is 0 Å².